The molecule has 1 aliphatic heterocycles. The lowest BCUT2D eigenvalue weighted by Gasteiger charge is -2.35. The fourth-order valence-electron chi connectivity index (χ4n) is 4.24. The minimum atomic E-state index is -0.429. The number of methoxy groups -OCH3 is 1. The van der Waals surface area contributed by atoms with Gasteiger partial charge < -0.3 is 14.5 Å². The summed E-state index contributed by atoms with van der Waals surface area (Å²) in [4.78, 5) is 40.5. The van der Waals surface area contributed by atoms with E-state index in [0.717, 1.165) is 34.7 Å². The molecule has 3 heterocycles. The minimum Gasteiger partial charge on any atom is -0.468 e. The number of nitrogens with zero attached hydrogens (tertiary/aromatic N) is 4. The van der Waals surface area contributed by atoms with Gasteiger partial charge in [-0.05, 0) is 49.9 Å². The molecule has 0 atom stereocenters. The Hall–Kier alpha value is -2.71. The van der Waals surface area contributed by atoms with Crippen LogP contribution in [-0.4, -0.2) is 53.5 Å². The van der Waals surface area contributed by atoms with Gasteiger partial charge in [0.05, 0.1) is 12.5 Å². The maximum Gasteiger partial charge on any atom is 0.325 e. The van der Waals surface area contributed by atoms with E-state index in [9.17, 15) is 9.59 Å². The molecule has 174 valence electrons. The molecule has 33 heavy (non-hydrogen) atoms. The first-order chi connectivity index (χ1) is 15.9. The molecule has 0 spiro atoms. The van der Waals surface area contributed by atoms with E-state index < -0.39 is 5.97 Å². The summed E-state index contributed by atoms with van der Waals surface area (Å²) in [6.45, 7) is 5.93. The SMILES string of the molecule is COC(=O)CN(Cc1ccc(Cl)cc1)C(=O)C1CCN(c2ncnc3sc(C)c(C)c23)CC1. The Morgan fingerprint density at radius 3 is 2.55 bits per heavy atom. The Bertz CT molecular complexity index is 1160. The van der Waals surface area contributed by atoms with E-state index in [1.165, 1.54) is 17.6 Å². The zero-order valence-electron chi connectivity index (χ0n) is 19.0. The van der Waals surface area contributed by atoms with Crippen LogP contribution in [0.25, 0.3) is 10.2 Å². The van der Waals surface area contributed by atoms with Gasteiger partial charge in [0.2, 0.25) is 5.91 Å². The Morgan fingerprint density at radius 1 is 1.18 bits per heavy atom. The van der Waals surface area contributed by atoms with Crippen LogP contribution in [0.3, 0.4) is 0 Å². The lowest BCUT2D eigenvalue weighted by Crippen LogP contribution is -2.44. The van der Waals surface area contributed by atoms with Crippen molar-refractivity contribution in [2.75, 3.05) is 31.6 Å². The molecule has 7 nitrogen and oxygen atoms in total. The molecule has 3 aromatic rings. The predicted molar refractivity (Wildman–Crippen MR) is 131 cm³/mol. The van der Waals surface area contributed by atoms with Crippen LogP contribution in [-0.2, 0) is 20.9 Å². The molecule has 0 saturated carbocycles. The lowest BCUT2D eigenvalue weighted by atomic mass is 9.94. The fourth-order valence-corrected chi connectivity index (χ4v) is 5.36. The quantitative estimate of drug-likeness (QED) is 0.481. The van der Waals surface area contributed by atoms with Crippen molar-refractivity contribution in [3.05, 3.63) is 51.6 Å². The second-order valence-corrected chi connectivity index (χ2v) is 9.96. The normalized spacial score (nSPS) is 14.5. The summed E-state index contributed by atoms with van der Waals surface area (Å²) in [5.41, 5.74) is 2.14. The summed E-state index contributed by atoms with van der Waals surface area (Å²) in [7, 11) is 1.34. The molecule has 0 N–H and O–H groups in total. The van der Waals surface area contributed by atoms with E-state index in [2.05, 4.69) is 28.7 Å². The van der Waals surface area contributed by atoms with E-state index in [0.29, 0.717) is 24.4 Å². The molecule has 0 radical (unpaired) electrons. The summed E-state index contributed by atoms with van der Waals surface area (Å²) in [5, 5.41) is 1.74. The fraction of sp³-hybridized carbons (Fsp3) is 0.417. The number of carbonyl (C=O) groups is 2. The molecule has 2 aromatic heterocycles. The second kappa shape index (κ2) is 10.1. The molecule has 1 fully saturated rings. The number of carbonyl (C=O) groups excluding carboxylic acids is 2. The third kappa shape index (κ3) is 5.12. The van der Waals surface area contributed by atoms with Crippen molar-refractivity contribution < 1.29 is 14.3 Å². The monoisotopic (exact) mass is 486 g/mol. The Balaban J connectivity index is 1.47. The van der Waals surface area contributed by atoms with E-state index in [-0.39, 0.29) is 18.4 Å². The zero-order chi connectivity index (χ0) is 23.5. The molecule has 0 aliphatic carbocycles. The maximum absolute atomic E-state index is 13.4. The number of amides is 1. The van der Waals surface area contributed by atoms with Crippen molar-refractivity contribution in [2.45, 2.75) is 33.2 Å². The number of esters is 1. The average Bonchev–Trinajstić information content (AvgIpc) is 3.13. The second-order valence-electron chi connectivity index (χ2n) is 8.32. The van der Waals surface area contributed by atoms with E-state index in [1.807, 2.05) is 12.1 Å². The topological polar surface area (TPSA) is 75.6 Å². The van der Waals surface area contributed by atoms with Crippen molar-refractivity contribution >= 4 is 50.8 Å². The number of rotatable bonds is 6. The van der Waals surface area contributed by atoms with Crippen LogP contribution in [0, 0.1) is 19.8 Å². The molecule has 1 aliphatic rings. The van der Waals surface area contributed by atoms with E-state index >= 15 is 0 Å². The Kier molecular flexibility index (Phi) is 7.14. The highest BCUT2D eigenvalue weighted by molar-refractivity contribution is 7.18. The summed E-state index contributed by atoms with van der Waals surface area (Å²) >= 11 is 7.67. The number of thiophene rings is 1. The van der Waals surface area contributed by atoms with E-state index in [1.54, 1.807) is 34.7 Å². The predicted octanol–water partition coefficient (Wildman–Crippen LogP) is 4.38. The number of ether oxygens (including phenoxy) is 1. The molecule has 9 heteroatoms. The van der Waals surface area contributed by atoms with Gasteiger partial charge in [-0.1, -0.05) is 23.7 Å². The van der Waals surface area contributed by atoms with Crippen molar-refractivity contribution in [1.29, 1.82) is 0 Å². The number of aryl methyl sites for hydroxylation is 2. The molecule has 1 amide bonds. The number of aromatic nitrogens is 2. The van der Waals surface area contributed by atoms with Gasteiger partial charge in [0.15, 0.2) is 0 Å². The Morgan fingerprint density at radius 2 is 1.88 bits per heavy atom. The number of benzene rings is 1. The molecular formula is C24H27ClN4O3S. The van der Waals surface area contributed by atoms with Crippen LogP contribution in [0.2, 0.25) is 5.02 Å². The summed E-state index contributed by atoms with van der Waals surface area (Å²) in [6.07, 6.45) is 3.02. The van der Waals surface area contributed by atoms with Crippen LogP contribution in [0.5, 0.6) is 0 Å². The maximum atomic E-state index is 13.4. The molecule has 1 aromatic carbocycles. The average molecular weight is 487 g/mol. The number of piperidine rings is 1. The molecule has 4 rings (SSSR count). The zero-order valence-corrected chi connectivity index (χ0v) is 20.6. The number of anilines is 1. The van der Waals surface area contributed by atoms with Gasteiger partial charge in [-0.25, -0.2) is 9.97 Å². The van der Waals surface area contributed by atoms with Gasteiger partial charge in [0, 0.05) is 35.5 Å². The van der Waals surface area contributed by atoms with Crippen molar-refractivity contribution in [1.82, 2.24) is 14.9 Å². The molecular weight excluding hydrogens is 460 g/mol. The number of fused-ring (bicyclic) bond motifs is 1. The first-order valence-corrected chi connectivity index (χ1v) is 12.1. The minimum absolute atomic E-state index is 0.0228. The highest BCUT2D eigenvalue weighted by Crippen LogP contribution is 2.35. The highest BCUT2D eigenvalue weighted by Gasteiger charge is 2.31. The summed E-state index contributed by atoms with van der Waals surface area (Å²) in [6, 6.07) is 7.31. The molecule has 0 bridgehead atoms. The largest absolute Gasteiger partial charge is 0.468 e. The standard InChI is InChI=1S/C24H27ClN4O3S/c1-15-16(2)33-23-21(15)22(26-14-27-23)28-10-8-18(9-11-28)24(31)29(13-20(30)32-3)12-17-4-6-19(25)7-5-17/h4-7,14,18H,8-13H2,1-3H3. The van der Waals surface area contributed by atoms with Crippen LogP contribution in [0.4, 0.5) is 5.82 Å². The first kappa shape index (κ1) is 23.4. The lowest BCUT2D eigenvalue weighted by molar-refractivity contribution is -0.149. The van der Waals surface area contributed by atoms with Crippen molar-refractivity contribution in [3.8, 4) is 0 Å². The van der Waals surface area contributed by atoms with E-state index in [4.69, 9.17) is 16.3 Å². The van der Waals surface area contributed by atoms with Crippen molar-refractivity contribution in [3.63, 3.8) is 0 Å². The highest BCUT2D eigenvalue weighted by atomic mass is 35.5. The van der Waals surface area contributed by atoms with Gasteiger partial charge in [-0.3, -0.25) is 9.59 Å². The van der Waals surface area contributed by atoms with Gasteiger partial charge in [-0.2, -0.15) is 0 Å². The third-order valence-electron chi connectivity index (χ3n) is 6.24. The summed E-state index contributed by atoms with van der Waals surface area (Å²) in [5.74, 6) is 0.341. The van der Waals surface area contributed by atoms with Crippen LogP contribution in [0.15, 0.2) is 30.6 Å². The van der Waals surface area contributed by atoms with Gasteiger partial charge in [0.25, 0.3) is 0 Å². The number of hydrogen-bond acceptors (Lipinski definition) is 7. The number of halogens is 1. The first-order valence-electron chi connectivity index (χ1n) is 10.9. The van der Waals surface area contributed by atoms with Gasteiger partial charge in [0.1, 0.15) is 23.5 Å². The van der Waals surface area contributed by atoms with Crippen molar-refractivity contribution in [2.24, 2.45) is 5.92 Å². The third-order valence-corrected chi connectivity index (χ3v) is 7.60. The summed E-state index contributed by atoms with van der Waals surface area (Å²) < 4.78 is 4.83. The number of hydrogen-bond donors (Lipinski definition) is 0. The van der Waals surface area contributed by atoms with Crippen LogP contribution < -0.4 is 4.90 Å². The molecule has 1 saturated heterocycles. The van der Waals surface area contributed by atoms with Crippen LogP contribution in [0.1, 0.15) is 28.8 Å². The van der Waals surface area contributed by atoms with Crippen LogP contribution >= 0.6 is 22.9 Å². The Labute approximate surface area is 202 Å². The molecule has 0 unspecified atom stereocenters. The van der Waals surface area contributed by atoms with Gasteiger partial charge in [-0.15, -0.1) is 11.3 Å². The smallest absolute Gasteiger partial charge is 0.325 e. The van der Waals surface area contributed by atoms with Gasteiger partial charge >= 0.3 is 5.97 Å².